The molecule has 19 heavy (non-hydrogen) atoms. The summed E-state index contributed by atoms with van der Waals surface area (Å²) in [6.45, 7) is 1.26. The van der Waals surface area contributed by atoms with Crippen molar-refractivity contribution < 1.29 is 19.9 Å². The van der Waals surface area contributed by atoms with Crippen molar-refractivity contribution in [1.82, 2.24) is 0 Å². The highest BCUT2D eigenvalue weighted by Gasteiger charge is 2.26. The number of carbonyl (C=O) groups excluding carboxylic acids is 1. The number of hydrogen-bond acceptors (Lipinski definition) is 6. The molecule has 2 N–H and O–H groups in total. The van der Waals surface area contributed by atoms with Crippen molar-refractivity contribution in [3.63, 3.8) is 0 Å². The lowest BCUT2D eigenvalue weighted by Crippen LogP contribution is -2.18. The maximum absolute atomic E-state index is 11.2. The number of nitriles is 1. The van der Waals surface area contributed by atoms with Crippen LogP contribution in [0.1, 0.15) is 35.4 Å². The van der Waals surface area contributed by atoms with E-state index in [1.165, 1.54) is 19.1 Å². The van der Waals surface area contributed by atoms with Gasteiger partial charge in [0.15, 0.2) is 5.78 Å². The summed E-state index contributed by atoms with van der Waals surface area (Å²) in [5.74, 6) is -0.346. The van der Waals surface area contributed by atoms with Gasteiger partial charge in [-0.15, -0.1) is 0 Å². The van der Waals surface area contributed by atoms with Crippen LogP contribution >= 0.6 is 0 Å². The molecule has 0 aliphatic rings. The average molecular weight is 264 g/mol. The van der Waals surface area contributed by atoms with Gasteiger partial charge >= 0.3 is 0 Å². The summed E-state index contributed by atoms with van der Waals surface area (Å²) >= 11 is 0. The van der Waals surface area contributed by atoms with E-state index in [-0.39, 0.29) is 23.3 Å². The lowest BCUT2D eigenvalue weighted by Gasteiger charge is -2.15. The maximum atomic E-state index is 11.2. The molecule has 1 rings (SSSR count). The van der Waals surface area contributed by atoms with E-state index in [0.717, 1.165) is 6.07 Å². The molecule has 2 unspecified atom stereocenters. The molecule has 0 aromatic heterocycles. The zero-order valence-electron chi connectivity index (χ0n) is 10.1. The number of rotatable bonds is 5. The van der Waals surface area contributed by atoms with Crippen LogP contribution in [0.25, 0.3) is 0 Å². The summed E-state index contributed by atoms with van der Waals surface area (Å²) in [5, 5.41) is 38.6. The summed E-state index contributed by atoms with van der Waals surface area (Å²) in [6.07, 6.45) is -3.33. The standard InChI is InChI=1S/C12H12N2O5/c1-7(15)8-2-3-9(10(6-8)14(18)19)12(17)11(16)4-5-13/h2-3,6,11-12,16-17H,4H2,1H3. The summed E-state index contributed by atoms with van der Waals surface area (Å²) in [6, 6.07) is 5.24. The molecule has 100 valence electrons. The monoisotopic (exact) mass is 264 g/mol. The Morgan fingerprint density at radius 2 is 2.16 bits per heavy atom. The Labute approximate surface area is 108 Å². The predicted molar refractivity (Wildman–Crippen MR) is 64.3 cm³/mol. The largest absolute Gasteiger partial charge is 0.389 e. The fraction of sp³-hybridized carbons (Fsp3) is 0.333. The molecule has 0 aliphatic carbocycles. The first-order valence-corrected chi connectivity index (χ1v) is 5.40. The van der Waals surface area contributed by atoms with Crippen molar-refractivity contribution >= 4 is 11.5 Å². The molecule has 1 aromatic rings. The Morgan fingerprint density at radius 1 is 1.53 bits per heavy atom. The van der Waals surface area contributed by atoms with Crippen molar-refractivity contribution in [2.24, 2.45) is 0 Å². The van der Waals surface area contributed by atoms with Gasteiger partial charge in [0.05, 0.1) is 29.1 Å². The van der Waals surface area contributed by atoms with Gasteiger partial charge in [0.2, 0.25) is 0 Å². The van der Waals surface area contributed by atoms with Crippen LogP contribution in [0.4, 0.5) is 5.69 Å². The molecular formula is C12H12N2O5. The van der Waals surface area contributed by atoms with Gasteiger partial charge in [0, 0.05) is 11.6 Å². The molecule has 0 fully saturated rings. The fourth-order valence-electron chi connectivity index (χ4n) is 1.58. The van der Waals surface area contributed by atoms with Gasteiger partial charge < -0.3 is 10.2 Å². The first-order valence-electron chi connectivity index (χ1n) is 5.40. The Hall–Kier alpha value is -2.30. The molecule has 0 saturated carbocycles. The van der Waals surface area contributed by atoms with Crippen molar-refractivity contribution in [3.8, 4) is 6.07 Å². The molecular weight excluding hydrogens is 252 g/mol. The lowest BCUT2D eigenvalue weighted by molar-refractivity contribution is -0.386. The van der Waals surface area contributed by atoms with Gasteiger partial charge in [0.25, 0.3) is 5.69 Å². The lowest BCUT2D eigenvalue weighted by atomic mass is 9.98. The first kappa shape index (κ1) is 14.8. The van der Waals surface area contributed by atoms with Gasteiger partial charge in [-0.2, -0.15) is 5.26 Å². The van der Waals surface area contributed by atoms with Crippen LogP contribution in [0.2, 0.25) is 0 Å². The number of carbonyl (C=O) groups is 1. The molecule has 0 heterocycles. The zero-order valence-corrected chi connectivity index (χ0v) is 10.1. The third kappa shape index (κ3) is 3.34. The molecule has 0 saturated heterocycles. The summed E-state index contributed by atoms with van der Waals surface area (Å²) in [5.41, 5.74) is -0.452. The third-order valence-corrected chi connectivity index (χ3v) is 2.62. The van der Waals surface area contributed by atoms with E-state index in [4.69, 9.17) is 5.26 Å². The number of benzene rings is 1. The van der Waals surface area contributed by atoms with Crippen LogP contribution in [0.15, 0.2) is 18.2 Å². The molecule has 0 bridgehead atoms. The van der Waals surface area contributed by atoms with Gasteiger partial charge in [0.1, 0.15) is 6.10 Å². The SMILES string of the molecule is CC(=O)c1ccc(C(O)C(O)CC#N)c([N+](=O)[O-])c1. The van der Waals surface area contributed by atoms with Crippen molar-refractivity contribution in [3.05, 3.63) is 39.4 Å². The molecule has 7 nitrogen and oxygen atoms in total. The maximum Gasteiger partial charge on any atom is 0.276 e. The minimum absolute atomic E-state index is 0.127. The van der Waals surface area contributed by atoms with Gasteiger partial charge in [-0.1, -0.05) is 6.07 Å². The predicted octanol–water partition coefficient (Wildman–Crippen LogP) is 1.11. The fourth-order valence-corrected chi connectivity index (χ4v) is 1.58. The van der Waals surface area contributed by atoms with E-state index in [0.29, 0.717) is 0 Å². The number of aliphatic hydroxyl groups is 2. The van der Waals surface area contributed by atoms with Gasteiger partial charge in [-0.3, -0.25) is 14.9 Å². The molecule has 0 aliphatic heterocycles. The number of Topliss-reactive ketones (excluding diaryl/α,β-unsaturated/α-hetero) is 1. The number of nitro benzene ring substituents is 1. The number of hydrogen-bond donors (Lipinski definition) is 2. The summed E-state index contributed by atoms with van der Waals surface area (Å²) in [4.78, 5) is 21.3. The normalized spacial score (nSPS) is 13.4. The number of ketones is 1. The number of aliphatic hydroxyl groups excluding tert-OH is 2. The highest BCUT2D eigenvalue weighted by molar-refractivity contribution is 5.94. The molecule has 0 amide bonds. The Balaban J connectivity index is 3.24. The van der Waals surface area contributed by atoms with Crippen LogP contribution in [-0.4, -0.2) is 27.0 Å². The first-order chi connectivity index (χ1) is 8.88. The Kier molecular flexibility index (Phi) is 4.69. The molecule has 1 aromatic carbocycles. The van der Waals surface area contributed by atoms with Gasteiger partial charge in [-0.05, 0) is 13.0 Å². The topological polar surface area (TPSA) is 124 Å². The molecule has 2 atom stereocenters. The second-order valence-electron chi connectivity index (χ2n) is 3.96. The van der Waals surface area contributed by atoms with Gasteiger partial charge in [-0.25, -0.2) is 0 Å². The van der Waals surface area contributed by atoms with Crippen molar-refractivity contribution in [2.75, 3.05) is 0 Å². The second-order valence-corrected chi connectivity index (χ2v) is 3.96. The highest BCUT2D eigenvalue weighted by Crippen LogP contribution is 2.29. The van der Waals surface area contributed by atoms with Crippen LogP contribution in [0, 0.1) is 21.4 Å². The van der Waals surface area contributed by atoms with E-state index in [1.54, 1.807) is 6.07 Å². The van der Waals surface area contributed by atoms with Crippen LogP contribution < -0.4 is 0 Å². The second kappa shape index (κ2) is 6.04. The van der Waals surface area contributed by atoms with E-state index in [2.05, 4.69) is 0 Å². The van der Waals surface area contributed by atoms with E-state index >= 15 is 0 Å². The Bertz CT molecular complexity index is 550. The number of nitrogens with zero attached hydrogens (tertiary/aromatic N) is 2. The smallest absolute Gasteiger partial charge is 0.276 e. The highest BCUT2D eigenvalue weighted by atomic mass is 16.6. The third-order valence-electron chi connectivity index (χ3n) is 2.62. The van der Waals surface area contributed by atoms with Crippen molar-refractivity contribution in [2.45, 2.75) is 25.6 Å². The minimum Gasteiger partial charge on any atom is -0.389 e. The molecule has 0 spiro atoms. The average Bonchev–Trinajstić information content (AvgIpc) is 2.37. The zero-order chi connectivity index (χ0) is 14.6. The van der Waals surface area contributed by atoms with Crippen LogP contribution in [0.5, 0.6) is 0 Å². The van der Waals surface area contributed by atoms with Crippen molar-refractivity contribution in [1.29, 1.82) is 5.26 Å². The molecule has 0 radical (unpaired) electrons. The summed E-state index contributed by atoms with van der Waals surface area (Å²) in [7, 11) is 0. The van der Waals surface area contributed by atoms with E-state index in [1.807, 2.05) is 0 Å². The summed E-state index contributed by atoms with van der Waals surface area (Å²) < 4.78 is 0. The molecule has 7 heteroatoms. The Morgan fingerprint density at radius 3 is 2.63 bits per heavy atom. The quantitative estimate of drug-likeness (QED) is 0.466. The van der Waals surface area contributed by atoms with Crippen LogP contribution in [-0.2, 0) is 0 Å². The number of nitro groups is 1. The van der Waals surface area contributed by atoms with Crippen LogP contribution in [0.3, 0.4) is 0 Å². The van der Waals surface area contributed by atoms with E-state index in [9.17, 15) is 25.1 Å². The minimum atomic E-state index is -1.55. The van der Waals surface area contributed by atoms with E-state index < -0.39 is 22.8 Å².